The van der Waals surface area contributed by atoms with Crippen molar-refractivity contribution in [2.75, 3.05) is 5.73 Å². The molecule has 1 heterocycles. The number of aliphatic hydroxyl groups is 1. The van der Waals surface area contributed by atoms with Crippen LogP contribution in [0.15, 0.2) is 12.1 Å². The van der Waals surface area contributed by atoms with Crippen LogP contribution in [0.1, 0.15) is 38.4 Å². The lowest BCUT2D eigenvalue weighted by atomic mass is 9.99. The smallest absolute Gasteiger partial charge is 0.149 e. The minimum Gasteiger partial charge on any atom is -0.394 e. The zero-order valence-corrected chi connectivity index (χ0v) is 11.7. The van der Waals surface area contributed by atoms with Crippen LogP contribution in [0.4, 0.5) is 14.5 Å². The Morgan fingerprint density at radius 1 is 1.37 bits per heavy atom. The summed E-state index contributed by atoms with van der Waals surface area (Å²) in [7, 11) is 0. The van der Waals surface area contributed by atoms with Crippen LogP contribution in [-0.4, -0.2) is 16.7 Å². The Hall–Kier alpha value is -0.910. The molecular weight excluding hydrogens is 274 g/mol. The third kappa shape index (κ3) is 3.35. The molecule has 6 heteroatoms. The van der Waals surface area contributed by atoms with Gasteiger partial charge in [-0.15, -0.1) is 12.4 Å². The van der Waals surface area contributed by atoms with E-state index in [9.17, 15) is 13.9 Å². The zero-order chi connectivity index (χ0) is 13.5. The van der Waals surface area contributed by atoms with Gasteiger partial charge in [0, 0.05) is 11.6 Å². The molecule has 0 bridgehead atoms. The minimum absolute atomic E-state index is 0. The van der Waals surface area contributed by atoms with Crippen LogP contribution in [0.3, 0.4) is 0 Å². The summed E-state index contributed by atoms with van der Waals surface area (Å²) >= 11 is 0. The van der Waals surface area contributed by atoms with Gasteiger partial charge in [-0.2, -0.15) is 0 Å². The van der Waals surface area contributed by atoms with E-state index in [1.165, 1.54) is 0 Å². The van der Waals surface area contributed by atoms with Crippen molar-refractivity contribution in [3.8, 4) is 0 Å². The highest BCUT2D eigenvalue weighted by Gasteiger charge is 2.34. The summed E-state index contributed by atoms with van der Waals surface area (Å²) in [5.41, 5.74) is 4.85. The number of anilines is 1. The number of nitrogen functional groups attached to an aromatic ring is 1. The molecule has 3 nitrogen and oxygen atoms in total. The van der Waals surface area contributed by atoms with Gasteiger partial charge < -0.3 is 16.2 Å². The van der Waals surface area contributed by atoms with Gasteiger partial charge in [-0.3, -0.25) is 0 Å². The molecule has 0 radical (unpaired) electrons. The van der Waals surface area contributed by atoms with Crippen LogP contribution in [0, 0.1) is 11.6 Å². The molecule has 2 rings (SSSR count). The Labute approximate surface area is 117 Å². The molecule has 0 aromatic heterocycles. The topological polar surface area (TPSA) is 58.3 Å². The molecule has 0 amide bonds. The van der Waals surface area contributed by atoms with E-state index in [1.807, 2.05) is 13.8 Å². The Bertz CT molecular complexity index is 445. The molecule has 2 atom stereocenters. The largest absolute Gasteiger partial charge is 0.394 e. The van der Waals surface area contributed by atoms with Crippen molar-refractivity contribution in [2.24, 2.45) is 0 Å². The molecule has 4 N–H and O–H groups in total. The zero-order valence-electron chi connectivity index (χ0n) is 10.9. The van der Waals surface area contributed by atoms with Crippen molar-refractivity contribution in [1.82, 2.24) is 5.32 Å². The first-order valence-corrected chi connectivity index (χ1v) is 6.00. The van der Waals surface area contributed by atoms with Crippen LogP contribution in [0.2, 0.25) is 0 Å². The van der Waals surface area contributed by atoms with Gasteiger partial charge in [0.1, 0.15) is 17.3 Å². The molecule has 0 unspecified atom stereocenters. The molecular formula is C13H19ClF2N2O. The molecule has 1 fully saturated rings. The molecule has 0 aliphatic carbocycles. The summed E-state index contributed by atoms with van der Waals surface area (Å²) in [4.78, 5) is 0. The van der Waals surface area contributed by atoms with E-state index in [1.54, 1.807) is 0 Å². The van der Waals surface area contributed by atoms with Crippen molar-refractivity contribution in [2.45, 2.75) is 44.4 Å². The number of nitrogens with one attached hydrogen (secondary N) is 1. The fourth-order valence-corrected chi connectivity index (χ4v) is 2.41. The highest BCUT2D eigenvalue weighted by atomic mass is 35.5. The van der Waals surface area contributed by atoms with Gasteiger partial charge in [0.15, 0.2) is 0 Å². The molecule has 1 aromatic carbocycles. The SMILES string of the molecule is CC1(C)CC[C@H]([C@@H](O)c2cc(F)c(N)c(F)c2)N1.Cl. The Morgan fingerprint density at radius 3 is 2.32 bits per heavy atom. The average molecular weight is 293 g/mol. The average Bonchev–Trinajstić information content (AvgIpc) is 2.65. The van der Waals surface area contributed by atoms with Crippen LogP contribution in [-0.2, 0) is 0 Å². The van der Waals surface area contributed by atoms with E-state index in [0.717, 1.165) is 25.0 Å². The standard InChI is InChI=1S/C13H18F2N2O.ClH/c1-13(2)4-3-10(17-13)12(18)7-5-8(14)11(16)9(15)6-7;/h5-6,10,12,17-18H,3-4,16H2,1-2H3;1H/t10-,12+;/m1./s1. The molecule has 1 aliphatic heterocycles. The van der Waals surface area contributed by atoms with Crippen molar-refractivity contribution in [3.05, 3.63) is 29.3 Å². The molecule has 1 aromatic rings. The highest BCUT2D eigenvalue weighted by Crippen LogP contribution is 2.31. The van der Waals surface area contributed by atoms with Crippen molar-refractivity contribution >= 4 is 18.1 Å². The first-order valence-electron chi connectivity index (χ1n) is 6.00. The number of rotatable bonds is 2. The summed E-state index contributed by atoms with van der Waals surface area (Å²) in [6, 6.07) is 1.99. The fourth-order valence-electron chi connectivity index (χ4n) is 2.41. The number of hydrogen-bond donors (Lipinski definition) is 3. The first kappa shape index (κ1) is 16.1. The van der Waals surface area contributed by atoms with E-state index < -0.39 is 23.4 Å². The van der Waals surface area contributed by atoms with Crippen LogP contribution < -0.4 is 11.1 Å². The van der Waals surface area contributed by atoms with E-state index in [-0.39, 0.29) is 29.6 Å². The quantitative estimate of drug-likeness (QED) is 0.734. The second-order valence-electron chi connectivity index (χ2n) is 5.52. The molecule has 0 spiro atoms. The Kier molecular flexibility index (Phi) is 4.76. The predicted octanol–water partition coefficient (Wildman–Crippen LogP) is 2.53. The minimum atomic E-state index is -0.934. The predicted molar refractivity (Wildman–Crippen MR) is 73.2 cm³/mol. The maximum atomic E-state index is 13.3. The van der Waals surface area contributed by atoms with Crippen molar-refractivity contribution in [3.63, 3.8) is 0 Å². The first-order chi connectivity index (χ1) is 8.30. The lowest BCUT2D eigenvalue weighted by molar-refractivity contribution is 0.131. The second-order valence-corrected chi connectivity index (χ2v) is 5.52. The van der Waals surface area contributed by atoms with Crippen LogP contribution in [0.5, 0.6) is 0 Å². The summed E-state index contributed by atoms with van der Waals surface area (Å²) in [6.45, 7) is 4.06. The van der Waals surface area contributed by atoms with Gasteiger partial charge >= 0.3 is 0 Å². The van der Waals surface area contributed by atoms with E-state index >= 15 is 0 Å². The molecule has 1 saturated heterocycles. The number of halogens is 3. The Balaban J connectivity index is 0.00000180. The third-order valence-corrected chi connectivity index (χ3v) is 3.48. The summed E-state index contributed by atoms with van der Waals surface area (Å²) < 4.78 is 26.7. The second kappa shape index (κ2) is 5.61. The number of nitrogens with two attached hydrogens (primary N) is 1. The maximum absolute atomic E-state index is 13.3. The fraction of sp³-hybridized carbons (Fsp3) is 0.538. The maximum Gasteiger partial charge on any atom is 0.149 e. The van der Waals surface area contributed by atoms with Gasteiger partial charge in [-0.05, 0) is 44.4 Å². The lowest BCUT2D eigenvalue weighted by Gasteiger charge is -2.24. The van der Waals surface area contributed by atoms with Crippen LogP contribution >= 0.6 is 12.4 Å². The normalized spacial score (nSPS) is 22.9. The van der Waals surface area contributed by atoms with Gasteiger partial charge in [-0.1, -0.05) is 0 Å². The lowest BCUT2D eigenvalue weighted by Crippen LogP contribution is -2.40. The van der Waals surface area contributed by atoms with E-state index in [0.29, 0.717) is 0 Å². The summed E-state index contributed by atoms with van der Waals surface area (Å²) in [5, 5.41) is 13.4. The number of hydrogen-bond acceptors (Lipinski definition) is 3. The van der Waals surface area contributed by atoms with Crippen molar-refractivity contribution in [1.29, 1.82) is 0 Å². The van der Waals surface area contributed by atoms with Gasteiger partial charge in [-0.25, -0.2) is 8.78 Å². The number of aliphatic hydroxyl groups excluding tert-OH is 1. The Morgan fingerprint density at radius 2 is 1.89 bits per heavy atom. The van der Waals surface area contributed by atoms with Gasteiger partial charge in [0.25, 0.3) is 0 Å². The van der Waals surface area contributed by atoms with Crippen molar-refractivity contribution < 1.29 is 13.9 Å². The molecule has 0 saturated carbocycles. The van der Waals surface area contributed by atoms with Gasteiger partial charge in [0.05, 0.1) is 6.10 Å². The monoisotopic (exact) mass is 292 g/mol. The summed E-state index contributed by atoms with van der Waals surface area (Å²) in [6.07, 6.45) is 0.743. The molecule has 1 aliphatic rings. The molecule has 108 valence electrons. The highest BCUT2D eigenvalue weighted by molar-refractivity contribution is 5.85. The summed E-state index contributed by atoms with van der Waals surface area (Å²) in [5.74, 6) is -1.66. The van der Waals surface area contributed by atoms with Gasteiger partial charge in [0.2, 0.25) is 0 Å². The third-order valence-electron chi connectivity index (χ3n) is 3.48. The van der Waals surface area contributed by atoms with Crippen LogP contribution in [0.25, 0.3) is 0 Å². The number of benzene rings is 1. The van der Waals surface area contributed by atoms with E-state index in [2.05, 4.69) is 5.32 Å². The van der Waals surface area contributed by atoms with E-state index in [4.69, 9.17) is 5.73 Å². The molecule has 19 heavy (non-hydrogen) atoms.